The van der Waals surface area contributed by atoms with Gasteiger partial charge in [0.25, 0.3) is 0 Å². The van der Waals surface area contributed by atoms with E-state index in [2.05, 4.69) is 61.3 Å². The molecule has 2 aromatic carbocycles. The quantitative estimate of drug-likeness (QED) is 0.319. The largest absolute Gasteiger partial charge is 0.497 e. The summed E-state index contributed by atoms with van der Waals surface area (Å²) in [5.41, 5.74) is 3.38. The standard InChI is InChI=1S/C19H16IN5O/c1-26-16-8-6-15(7-9-16)23-19-17(11-21)18(24-25-19)22-12-14-4-2-13(10-20)3-5-14/h2-9,12H,10H2,1H3,(H2,23,24,25)/b22-12+. The molecule has 1 heterocycles. The number of hydrogen-bond acceptors (Lipinski definition) is 5. The van der Waals surface area contributed by atoms with E-state index in [1.54, 1.807) is 13.3 Å². The fraction of sp³-hybridized carbons (Fsp3) is 0.105. The first-order valence-electron chi connectivity index (χ1n) is 7.82. The average Bonchev–Trinajstić information content (AvgIpc) is 3.08. The maximum Gasteiger partial charge on any atom is 0.172 e. The molecule has 0 radical (unpaired) electrons. The van der Waals surface area contributed by atoms with E-state index in [0.717, 1.165) is 21.4 Å². The molecule has 3 aromatic rings. The minimum atomic E-state index is 0.362. The molecule has 7 heteroatoms. The molecule has 0 spiro atoms. The van der Waals surface area contributed by atoms with Gasteiger partial charge in [0.2, 0.25) is 0 Å². The van der Waals surface area contributed by atoms with Crippen LogP contribution in [0.4, 0.5) is 17.3 Å². The summed E-state index contributed by atoms with van der Waals surface area (Å²) in [6, 6.07) is 17.6. The lowest BCUT2D eigenvalue weighted by Crippen LogP contribution is -1.93. The van der Waals surface area contributed by atoms with Gasteiger partial charge in [-0.15, -0.1) is 0 Å². The minimum absolute atomic E-state index is 0.362. The highest BCUT2D eigenvalue weighted by Gasteiger charge is 2.12. The van der Waals surface area contributed by atoms with Crippen LogP contribution in [0, 0.1) is 11.3 Å². The van der Waals surface area contributed by atoms with E-state index in [0.29, 0.717) is 17.2 Å². The number of ether oxygens (including phenoxy) is 1. The van der Waals surface area contributed by atoms with Crippen molar-refractivity contribution in [1.29, 1.82) is 5.26 Å². The monoisotopic (exact) mass is 457 g/mol. The zero-order valence-corrected chi connectivity index (χ0v) is 16.2. The fourth-order valence-electron chi connectivity index (χ4n) is 2.27. The van der Waals surface area contributed by atoms with Gasteiger partial charge in [-0.05, 0) is 35.4 Å². The summed E-state index contributed by atoms with van der Waals surface area (Å²) in [6.45, 7) is 0. The lowest BCUT2D eigenvalue weighted by atomic mass is 10.2. The van der Waals surface area contributed by atoms with Crippen molar-refractivity contribution in [3.63, 3.8) is 0 Å². The molecule has 2 N–H and O–H groups in total. The van der Waals surface area contributed by atoms with Crippen molar-refractivity contribution in [3.05, 3.63) is 65.2 Å². The van der Waals surface area contributed by atoms with Gasteiger partial charge in [0.1, 0.15) is 17.4 Å². The molecule has 26 heavy (non-hydrogen) atoms. The van der Waals surface area contributed by atoms with Crippen LogP contribution < -0.4 is 10.1 Å². The Balaban J connectivity index is 1.78. The Kier molecular flexibility index (Phi) is 5.86. The number of aliphatic imine (C=N–C) groups is 1. The van der Waals surface area contributed by atoms with Crippen LogP contribution in [0.3, 0.4) is 0 Å². The SMILES string of the molecule is COc1ccc(Nc2n[nH]c(/N=C/c3ccc(CI)cc3)c2C#N)cc1. The maximum absolute atomic E-state index is 9.47. The minimum Gasteiger partial charge on any atom is -0.497 e. The van der Waals surface area contributed by atoms with Crippen LogP contribution in [0.5, 0.6) is 5.75 Å². The number of H-pyrrole nitrogens is 1. The van der Waals surface area contributed by atoms with Gasteiger partial charge in [-0.2, -0.15) is 10.4 Å². The van der Waals surface area contributed by atoms with Gasteiger partial charge in [-0.25, -0.2) is 4.99 Å². The number of halogens is 1. The lowest BCUT2D eigenvalue weighted by Gasteiger charge is -2.04. The van der Waals surface area contributed by atoms with E-state index in [1.165, 1.54) is 5.56 Å². The maximum atomic E-state index is 9.47. The molecule has 0 saturated heterocycles. The summed E-state index contributed by atoms with van der Waals surface area (Å²) in [4.78, 5) is 4.36. The smallest absolute Gasteiger partial charge is 0.172 e. The molecule has 0 aliphatic rings. The molecule has 0 atom stereocenters. The van der Waals surface area contributed by atoms with Crippen molar-refractivity contribution in [2.45, 2.75) is 4.43 Å². The predicted octanol–water partition coefficient (Wildman–Crippen LogP) is 4.72. The molecule has 3 rings (SSSR count). The molecular weight excluding hydrogens is 441 g/mol. The lowest BCUT2D eigenvalue weighted by molar-refractivity contribution is 0.415. The van der Waals surface area contributed by atoms with Crippen molar-refractivity contribution >= 4 is 46.1 Å². The molecule has 0 aliphatic carbocycles. The number of hydrogen-bond donors (Lipinski definition) is 2. The summed E-state index contributed by atoms with van der Waals surface area (Å²) < 4.78 is 6.10. The van der Waals surface area contributed by atoms with Crippen molar-refractivity contribution in [2.24, 2.45) is 4.99 Å². The van der Waals surface area contributed by atoms with Gasteiger partial charge < -0.3 is 10.1 Å². The summed E-state index contributed by atoms with van der Waals surface area (Å²) in [7, 11) is 1.61. The van der Waals surface area contributed by atoms with E-state index in [-0.39, 0.29) is 0 Å². The Morgan fingerprint density at radius 2 is 1.96 bits per heavy atom. The summed E-state index contributed by atoms with van der Waals surface area (Å²) >= 11 is 2.32. The van der Waals surface area contributed by atoms with Crippen LogP contribution in [0.2, 0.25) is 0 Å². The third kappa shape index (κ3) is 4.21. The fourth-order valence-corrected chi connectivity index (χ4v) is 2.77. The average molecular weight is 457 g/mol. The first-order chi connectivity index (χ1) is 12.7. The normalized spacial score (nSPS) is 10.7. The zero-order valence-electron chi connectivity index (χ0n) is 14.0. The second-order valence-electron chi connectivity index (χ2n) is 5.39. The number of aromatic amines is 1. The zero-order chi connectivity index (χ0) is 18.4. The van der Waals surface area contributed by atoms with E-state index in [1.807, 2.05) is 36.4 Å². The second-order valence-corrected chi connectivity index (χ2v) is 6.16. The molecular formula is C19H16IN5O. The van der Waals surface area contributed by atoms with Crippen LogP contribution in [-0.2, 0) is 4.43 Å². The molecule has 0 aliphatic heterocycles. The number of nitrogens with zero attached hydrogens (tertiary/aromatic N) is 3. The molecule has 0 bridgehead atoms. The molecule has 0 saturated carbocycles. The number of anilines is 2. The Hall–Kier alpha value is -2.86. The molecule has 0 amide bonds. The highest BCUT2D eigenvalue weighted by atomic mass is 127. The number of benzene rings is 2. The van der Waals surface area contributed by atoms with Crippen LogP contribution in [0.15, 0.2) is 53.5 Å². The van der Waals surface area contributed by atoms with E-state index in [9.17, 15) is 5.26 Å². The van der Waals surface area contributed by atoms with Crippen molar-refractivity contribution in [3.8, 4) is 11.8 Å². The highest BCUT2D eigenvalue weighted by molar-refractivity contribution is 14.1. The van der Waals surface area contributed by atoms with Crippen molar-refractivity contribution in [2.75, 3.05) is 12.4 Å². The van der Waals surface area contributed by atoms with Gasteiger partial charge in [-0.3, -0.25) is 5.10 Å². The predicted molar refractivity (Wildman–Crippen MR) is 111 cm³/mol. The van der Waals surface area contributed by atoms with Gasteiger partial charge in [0.15, 0.2) is 11.6 Å². The van der Waals surface area contributed by atoms with Crippen LogP contribution in [-0.4, -0.2) is 23.5 Å². The van der Waals surface area contributed by atoms with Crippen LogP contribution >= 0.6 is 22.6 Å². The number of methoxy groups -OCH3 is 1. The van der Waals surface area contributed by atoms with Crippen molar-refractivity contribution < 1.29 is 4.74 Å². The number of rotatable bonds is 6. The first-order valence-corrected chi connectivity index (χ1v) is 9.34. The van der Waals surface area contributed by atoms with Gasteiger partial charge in [-0.1, -0.05) is 46.9 Å². The van der Waals surface area contributed by atoms with E-state index < -0.39 is 0 Å². The third-order valence-electron chi connectivity index (χ3n) is 3.69. The molecule has 0 fully saturated rings. The Morgan fingerprint density at radius 1 is 1.23 bits per heavy atom. The van der Waals surface area contributed by atoms with Gasteiger partial charge in [0, 0.05) is 16.3 Å². The van der Waals surface area contributed by atoms with E-state index >= 15 is 0 Å². The Labute approximate surface area is 165 Å². The summed E-state index contributed by atoms with van der Waals surface area (Å²) in [6.07, 6.45) is 1.71. The van der Waals surface area contributed by atoms with Crippen LogP contribution in [0.1, 0.15) is 16.7 Å². The molecule has 0 unspecified atom stereocenters. The Bertz CT molecular complexity index is 940. The van der Waals surface area contributed by atoms with Gasteiger partial charge in [0.05, 0.1) is 7.11 Å². The number of aromatic nitrogens is 2. The number of alkyl halides is 1. The number of nitriles is 1. The molecule has 1 aromatic heterocycles. The Morgan fingerprint density at radius 3 is 2.58 bits per heavy atom. The van der Waals surface area contributed by atoms with Crippen molar-refractivity contribution in [1.82, 2.24) is 10.2 Å². The summed E-state index contributed by atoms with van der Waals surface area (Å²) in [5, 5.41) is 19.5. The highest BCUT2D eigenvalue weighted by Crippen LogP contribution is 2.26. The van der Waals surface area contributed by atoms with Gasteiger partial charge >= 0.3 is 0 Å². The summed E-state index contributed by atoms with van der Waals surface area (Å²) in [5.74, 6) is 1.61. The molecule has 6 nitrogen and oxygen atoms in total. The van der Waals surface area contributed by atoms with Crippen LogP contribution in [0.25, 0.3) is 0 Å². The number of nitrogens with one attached hydrogen (secondary N) is 2. The topological polar surface area (TPSA) is 86.1 Å². The third-order valence-corrected chi connectivity index (χ3v) is 4.57. The van der Waals surface area contributed by atoms with E-state index in [4.69, 9.17) is 4.74 Å². The molecule has 130 valence electrons. The first kappa shape index (κ1) is 17.9. The second kappa shape index (κ2) is 8.49.